The molecule has 2 aliphatic carbocycles. The fraction of sp³-hybridized carbons (Fsp3) is 0.265. The van der Waals surface area contributed by atoms with Gasteiger partial charge in [0.2, 0.25) is 23.6 Å². The van der Waals surface area contributed by atoms with Crippen molar-refractivity contribution in [3.63, 3.8) is 0 Å². The first kappa shape index (κ1) is 39.7. The van der Waals surface area contributed by atoms with E-state index in [0.29, 0.717) is 38.9 Å². The van der Waals surface area contributed by atoms with Crippen LogP contribution in [0.4, 0.5) is 11.5 Å². The average Bonchev–Trinajstić information content (AvgIpc) is 3.94. The minimum absolute atomic E-state index is 0.0669. The van der Waals surface area contributed by atoms with E-state index in [4.69, 9.17) is 21.4 Å². The molecule has 1 N–H and O–H groups in total. The Morgan fingerprint density at radius 1 is 0.903 bits per heavy atom. The number of ether oxygens (including phenoxy) is 1. The van der Waals surface area contributed by atoms with Crippen molar-refractivity contribution in [2.45, 2.75) is 39.5 Å². The van der Waals surface area contributed by atoms with Gasteiger partial charge in [0.15, 0.2) is 17.3 Å². The smallest absolute Gasteiger partial charge is 0.242 e. The summed E-state index contributed by atoms with van der Waals surface area (Å²) in [5, 5.41) is 17.2. The number of carbonyl (C=O) groups excluding carboxylic acids is 5. The number of amides is 4. The second-order valence-electron chi connectivity index (χ2n) is 16.8. The van der Waals surface area contributed by atoms with E-state index in [1.165, 1.54) is 15.9 Å². The van der Waals surface area contributed by atoms with Crippen molar-refractivity contribution in [3.8, 4) is 22.1 Å². The first-order valence-electron chi connectivity index (χ1n) is 20.7. The summed E-state index contributed by atoms with van der Waals surface area (Å²) in [7, 11) is 1.71. The summed E-state index contributed by atoms with van der Waals surface area (Å²) in [6, 6.07) is 27.9. The van der Waals surface area contributed by atoms with Gasteiger partial charge in [-0.15, -0.1) is 11.3 Å². The molecule has 10 rings (SSSR count). The largest absolute Gasteiger partial charge is 0.504 e. The molecule has 4 heterocycles. The number of aryl methyl sites for hydroxylation is 2. The van der Waals surface area contributed by atoms with Crippen molar-refractivity contribution in [1.82, 2.24) is 9.78 Å². The maximum absolute atomic E-state index is 15.3. The molecule has 6 atom stereocenters. The van der Waals surface area contributed by atoms with E-state index in [9.17, 15) is 19.5 Å². The number of imide groups is 2. The standard InChI is InChI=1S/C49H41ClN4O7S/c1-5-61-38-21-28(13-19-37(38)55)42-31-17-18-32-41(47(59)53(45(32)57)30-15-11-27(12-16-30)43(56)26-9-7-6-8-10-26)34(31)23-35-46(58)54(48(60)49(35,42)3)40-24-36(51-52(40)4)44-25(2)33-22-29(50)14-20-39(33)62-44/h6-17,19-22,24,32,34-35,41-42,55H,5,18,23H2,1-4H3/t32-,34+,35-,41-,42-,49+/m0/s1. The first-order valence-corrected chi connectivity index (χ1v) is 21.9. The lowest BCUT2D eigenvalue weighted by Crippen LogP contribution is -2.49. The van der Waals surface area contributed by atoms with Crippen molar-refractivity contribution >= 4 is 73.9 Å². The number of phenolic OH excluding ortho intramolecular Hbond substituents is 1. The van der Waals surface area contributed by atoms with E-state index in [1.807, 2.05) is 51.1 Å². The normalized spacial score (nSPS) is 24.3. The number of hydrogen-bond donors (Lipinski definition) is 1. The van der Waals surface area contributed by atoms with Gasteiger partial charge in [0, 0.05) is 39.9 Å². The topological polar surface area (TPSA) is 139 Å². The number of aromatic nitrogens is 2. The molecule has 11 nitrogen and oxygen atoms in total. The maximum atomic E-state index is 15.3. The quantitative estimate of drug-likeness (QED) is 0.0909. The molecule has 0 radical (unpaired) electrons. The zero-order valence-electron chi connectivity index (χ0n) is 34.3. The van der Waals surface area contributed by atoms with E-state index < -0.39 is 46.8 Å². The van der Waals surface area contributed by atoms with Crippen LogP contribution in [-0.2, 0) is 26.2 Å². The number of carbonyl (C=O) groups is 5. The number of aromatic hydroxyl groups is 1. The van der Waals surface area contributed by atoms with E-state index in [1.54, 1.807) is 89.8 Å². The number of fused-ring (bicyclic) bond motifs is 5. The molecule has 4 aliphatic rings. The van der Waals surface area contributed by atoms with Gasteiger partial charge in [-0.05, 0) is 111 Å². The molecule has 4 amide bonds. The third-order valence-corrected chi connectivity index (χ3v) is 15.1. The number of halogens is 1. The molecule has 2 aromatic heterocycles. The molecule has 13 heteroatoms. The van der Waals surface area contributed by atoms with Gasteiger partial charge in [0.1, 0.15) is 11.5 Å². The predicted molar refractivity (Wildman–Crippen MR) is 236 cm³/mol. The van der Waals surface area contributed by atoms with Crippen LogP contribution in [0.25, 0.3) is 20.7 Å². The summed E-state index contributed by atoms with van der Waals surface area (Å²) in [6.07, 6.45) is 2.41. The number of phenols is 1. The van der Waals surface area contributed by atoms with Crippen molar-refractivity contribution in [2.24, 2.45) is 36.1 Å². The Morgan fingerprint density at radius 2 is 1.65 bits per heavy atom. The lowest BCUT2D eigenvalue weighted by Gasteiger charge is -2.49. The number of hydrogen-bond acceptors (Lipinski definition) is 9. The van der Waals surface area contributed by atoms with Crippen LogP contribution in [0.2, 0.25) is 5.02 Å². The summed E-state index contributed by atoms with van der Waals surface area (Å²) in [5.41, 5.74) is 3.04. The van der Waals surface area contributed by atoms with Gasteiger partial charge in [-0.3, -0.25) is 33.6 Å². The molecule has 4 aromatic carbocycles. The summed E-state index contributed by atoms with van der Waals surface area (Å²) in [6.45, 7) is 5.91. The lowest BCUT2D eigenvalue weighted by atomic mass is 9.51. The van der Waals surface area contributed by atoms with Crippen LogP contribution in [0.3, 0.4) is 0 Å². The number of benzene rings is 4. The summed E-state index contributed by atoms with van der Waals surface area (Å²) >= 11 is 7.90. The number of anilines is 2. The van der Waals surface area contributed by atoms with Crippen LogP contribution in [-0.4, -0.2) is 50.9 Å². The summed E-state index contributed by atoms with van der Waals surface area (Å²) < 4.78 is 8.41. The maximum Gasteiger partial charge on any atom is 0.242 e. The van der Waals surface area contributed by atoms with E-state index in [2.05, 4.69) is 0 Å². The van der Waals surface area contributed by atoms with Gasteiger partial charge in [0.25, 0.3) is 0 Å². The number of rotatable bonds is 8. The zero-order valence-corrected chi connectivity index (χ0v) is 35.9. The van der Waals surface area contributed by atoms with Gasteiger partial charge < -0.3 is 9.84 Å². The molecule has 3 fully saturated rings. The van der Waals surface area contributed by atoms with Crippen LogP contribution >= 0.6 is 22.9 Å². The molecular weight excluding hydrogens is 824 g/mol. The highest BCUT2D eigenvalue weighted by molar-refractivity contribution is 7.22. The SMILES string of the molecule is CCOc1cc([C@H]2C3=CC[C@@H]4C(=O)N(c5ccc(C(=O)c6ccccc6)cc5)C(=O)[C@@H]4[C@@H]3C[C@H]3C(=O)N(c4cc(-c5sc6ccc(Cl)cc6c5C)nn4C)C(=O)[C@@]23C)ccc1O. The van der Waals surface area contributed by atoms with E-state index in [0.717, 1.165) is 26.1 Å². The van der Waals surface area contributed by atoms with Gasteiger partial charge >= 0.3 is 0 Å². The predicted octanol–water partition coefficient (Wildman–Crippen LogP) is 9.03. The average molecular weight is 865 g/mol. The molecule has 2 aliphatic heterocycles. The number of allylic oxidation sites excluding steroid dienone is 2. The second kappa shape index (κ2) is 14.6. The van der Waals surface area contributed by atoms with Crippen LogP contribution < -0.4 is 14.5 Å². The van der Waals surface area contributed by atoms with Crippen LogP contribution in [0.5, 0.6) is 11.5 Å². The van der Waals surface area contributed by atoms with E-state index >= 15 is 9.59 Å². The van der Waals surface area contributed by atoms with Crippen molar-refractivity contribution in [3.05, 3.63) is 136 Å². The van der Waals surface area contributed by atoms with Gasteiger partial charge in [-0.2, -0.15) is 5.10 Å². The molecule has 0 bridgehead atoms. The van der Waals surface area contributed by atoms with Crippen LogP contribution in [0.1, 0.15) is 59.7 Å². The second-order valence-corrected chi connectivity index (χ2v) is 18.3. The minimum Gasteiger partial charge on any atom is -0.504 e. The molecular formula is C49H41ClN4O7S. The van der Waals surface area contributed by atoms with Gasteiger partial charge in [-0.1, -0.05) is 59.6 Å². The molecule has 62 heavy (non-hydrogen) atoms. The van der Waals surface area contributed by atoms with Crippen LogP contribution in [0, 0.1) is 36.0 Å². The number of thiophene rings is 1. The molecule has 312 valence electrons. The van der Waals surface area contributed by atoms with Gasteiger partial charge in [0.05, 0.1) is 40.3 Å². The van der Waals surface area contributed by atoms with E-state index in [-0.39, 0.29) is 48.5 Å². The zero-order chi connectivity index (χ0) is 43.4. The molecule has 1 saturated carbocycles. The third kappa shape index (κ3) is 5.83. The van der Waals surface area contributed by atoms with Gasteiger partial charge in [-0.25, -0.2) is 4.90 Å². The third-order valence-electron chi connectivity index (χ3n) is 13.5. The van der Waals surface area contributed by atoms with Crippen molar-refractivity contribution in [2.75, 3.05) is 16.4 Å². The minimum atomic E-state index is -1.33. The molecule has 0 unspecified atom stereocenters. The Balaban J connectivity index is 1.04. The Morgan fingerprint density at radius 3 is 2.39 bits per heavy atom. The highest BCUT2D eigenvalue weighted by Gasteiger charge is 2.68. The molecule has 2 saturated heterocycles. The molecule has 0 spiro atoms. The fourth-order valence-electron chi connectivity index (χ4n) is 10.6. The Labute approximate surface area is 366 Å². The van der Waals surface area contributed by atoms with Crippen molar-refractivity contribution < 1.29 is 33.8 Å². The number of ketones is 1. The Bertz CT molecular complexity index is 2940. The Kier molecular flexibility index (Phi) is 9.38. The summed E-state index contributed by atoms with van der Waals surface area (Å²) in [4.78, 5) is 75.9. The Hall–Kier alpha value is -6.37. The van der Waals surface area contributed by atoms with Crippen LogP contribution in [0.15, 0.2) is 109 Å². The number of nitrogens with zero attached hydrogens (tertiary/aromatic N) is 4. The fourth-order valence-corrected chi connectivity index (χ4v) is 11.9. The van der Waals surface area contributed by atoms with Crippen molar-refractivity contribution in [1.29, 1.82) is 0 Å². The highest BCUT2D eigenvalue weighted by atomic mass is 35.5. The molecule has 6 aromatic rings. The lowest BCUT2D eigenvalue weighted by molar-refractivity contribution is -0.131. The first-order chi connectivity index (χ1) is 29.8. The monoisotopic (exact) mass is 864 g/mol. The summed E-state index contributed by atoms with van der Waals surface area (Å²) in [5.74, 6) is -4.86. The highest BCUT2D eigenvalue weighted by Crippen LogP contribution is 2.64.